The number of benzene rings is 2. The monoisotopic (exact) mass is 316 g/mol. The lowest BCUT2D eigenvalue weighted by atomic mass is 10.1. The molecule has 3 aromatic rings. The molecular formula is C19H16N4O. The van der Waals surface area contributed by atoms with Gasteiger partial charge in [0.25, 0.3) is 5.91 Å². The van der Waals surface area contributed by atoms with Crippen LogP contribution in [-0.2, 0) is 6.42 Å². The van der Waals surface area contributed by atoms with E-state index in [4.69, 9.17) is 5.26 Å². The van der Waals surface area contributed by atoms with Crippen LogP contribution in [0.15, 0.2) is 67.0 Å². The zero-order valence-corrected chi connectivity index (χ0v) is 13.0. The van der Waals surface area contributed by atoms with Gasteiger partial charge in [0.15, 0.2) is 0 Å². The van der Waals surface area contributed by atoms with Gasteiger partial charge in [-0.1, -0.05) is 18.2 Å². The van der Waals surface area contributed by atoms with Crippen molar-refractivity contribution in [2.45, 2.75) is 6.42 Å². The van der Waals surface area contributed by atoms with Crippen LogP contribution in [0.1, 0.15) is 21.5 Å². The Balaban J connectivity index is 1.54. The largest absolute Gasteiger partial charge is 0.352 e. The SMILES string of the molecule is N#Cc1ccc(C(=O)NCCc2cnn(-c3ccccc3)c2)cc1. The van der Waals surface area contributed by atoms with E-state index < -0.39 is 0 Å². The molecule has 1 amide bonds. The zero-order chi connectivity index (χ0) is 16.8. The van der Waals surface area contributed by atoms with Crippen LogP contribution in [-0.4, -0.2) is 22.2 Å². The molecule has 3 rings (SSSR count). The maximum absolute atomic E-state index is 12.0. The van der Waals surface area contributed by atoms with Crippen LogP contribution < -0.4 is 5.32 Å². The molecule has 0 saturated heterocycles. The van der Waals surface area contributed by atoms with Gasteiger partial charge in [0.2, 0.25) is 0 Å². The second kappa shape index (κ2) is 7.25. The van der Waals surface area contributed by atoms with Gasteiger partial charge < -0.3 is 5.32 Å². The van der Waals surface area contributed by atoms with E-state index in [1.165, 1.54) is 0 Å². The fraction of sp³-hybridized carbons (Fsp3) is 0.105. The second-order valence-electron chi connectivity index (χ2n) is 5.32. The summed E-state index contributed by atoms with van der Waals surface area (Å²) in [6.07, 6.45) is 4.47. The highest BCUT2D eigenvalue weighted by atomic mass is 16.1. The van der Waals surface area contributed by atoms with Gasteiger partial charge >= 0.3 is 0 Å². The van der Waals surface area contributed by atoms with Crippen LogP contribution >= 0.6 is 0 Å². The Bertz CT molecular complexity index is 860. The molecule has 1 aromatic heterocycles. The highest BCUT2D eigenvalue weighted by Gasteiger charge is 2.06. The molecule has 0 aliphatic carbocycles. The Morgan fingerprint density at radius 1 is 1.12 bits per heavy atom. The van der Waals surface area contributed by atoms with E-state index in [0.29, 0.717) is 24.1 Å². The summed E-state index contributed by atoms with van der Waals surface area (Å²) >= 11 is 0. The quantitative estimate of drug-likeness (QED) is 0.787. The molecule has 0 aliphatic heterocycles. The van der Waals surface area contributed by atoms with E-state index in [1.807, 2.05) is 47.3 Å². The van der Waals surface area contributed by atoms with Crippen molar-refractivity contribution >= 4 is 5.91 Å². The van der Waals surface area contributed by atoms with Crippen molar-refractivity contribution in [1.82, 2.24) is 15.1 Å². The topological polar surface area (TPSA) is 70.7 Å². The summed E-state index contributed by atoms with van der Waals surface area (Å²) in [6, 6.07) is 18.5. The van der Waals surface area contributed by atoms with Gasteiger partial charge in [-0.3, -0.25) is 4.79 Å². The Labute approximate surface area is 140 Å². The number of rotatable bonds is 5. The van der Waals surface area contributed by atoms with Crippen LogP contribution in [0.25, 0.3) is 5.69 Å². The third-order valence-electron chi connectivity index (χ3n) is 3.63. The van der Waals surface area contributed by atoms with Crippen molar-refractivity contribution in [2.75, 3.05) is 6.54 Å². The predicted octanol–water partition coefficient (Wildman–Crippen LogP) is 2.72. The number of aromatic nitrogens is 2. The first-order valence-corrected chi connectivity index (χ1v) is 7.63. The van der Waals surface area contributed by atoms with Crippen LogP contribution in [0.2, 0.25) is 0 Å². The zero-order valence-electron chi connectivity index (χ0n) is 13.0. The van der Waals surface area contributed by atoms with Crippen LogP contribution in [0, 0.1) is 11.3 Å². The normalized spacial score (nSPS) is 10.1. The second-order valence-corrected chi connectivity index (χ2v) is 5.32. The van der Waals surface area contributed by atoms with Gasteiger partial charge in [0.05, 0.1) is 23.5 Å². The van der Waals surface area contributed by atoms with E-state index in [-0.39, 0.29) is 5.91 Å². The van der Waals surface area contributed by atoms with Crippen molar-refractivity contribution in [1.29, 1.82) is 5.26 Å². The molecule has 0 unspecified atom stereocenters. The first-order valence-electron chi connectivity index (χ1n) is 7.63. The Kier molecular flexibility index (Phi) is 4.68. The fourth-order valence-corrected chi connectivity index (χ4v) is 2.33. The number of nitrogens with zero attached hydrogens (tertiary/aromatic N) is 3. The van der Waals surface area contributed by atoms with Crippen molar-refractivity contribution in [2.24, 2.45) is 0 Å². The molecular weight excluding hydrogens is 300 g/mol. The molecule has 118 valence electrons. The fourth-order valence-electron chi connectivity index (χ4n) is 2.33. The van der Waals surface area contributed by atoms with Crippen LogP contribution in [0.4, 0.5) is 0 Å². The summed E-state index contributed by atoms with van der Waals surface area (Å²) < 4.78 is 1.82. The first-order chi connectivity index (χ1) is 11.8. The van der Waals surface area contributed by atoms with E-state index in [0.717, 1.165) is 11.3 Å². The number of carbonyl (C=O) groups is 1. The van der Waals surface area contributed by atoms with Crippen molar-refractivity contribution in [3.8, 4) is 11.8 Å². The van der Waals surface area contributed by atoms with Crippen molar-refractivity contribution < 1.29 is 4.79 Å². The van der Waals surface area contributed by atoms with Gasteiger partial charge in [-0.15, -0.1) is 0 Å². The molecule has 1 heterocycles. The summed E-state index contributed by atoms with van der Waals surface area (Å²) in [7, 11) is 0. The molecule has 0 radical (unpaired) electrons. The highest BCUT2D eigenvalue weighted by Crippen LogP contribution is 2.08. The predicted molar refractivity (Wildman–Crippen MR) is 90.8 cm³/mol. The Hall–Kier alpha value is -3.39. The lowest BCUT2D eigenvalue weighted by Gasteiger charge is -2.04. The minimum atomic E-state index is -0.144. The molecule has 0 aliphatic rings. The van der Waals surface area contributed by atoms with Gasteiger partial charge in [-0.05, 0) is 48.4 Å². The number of para-hydroxylation sites is 1. The molecule has 5 nitrogen and oxygen atoms in total. The van der Waals surface area contributed by atoms with Gasteiger partial charge in [-0.25, -0.2) is 4.68 Å². The number of amides is 1. The van der Waals surface area contributed by atoms with E-state index in [1.54, 1.807) is 30.5 Å². The first kappa shape index (κ1) is 15.5. The summed E-state index contributed by atoms with van der Waals surface area (Å²) in [5.41, 5.74) is 3.15. The maximum atomic E-state index is 12.0. The number of nitriles is 1. The average molecular weight is 316 g/mol. The van der Waals surface area contributed by atoms with Gasteiger partial charge in [0, 0.05) is 18.3 Å². The lowest BCUT2D eigenvalue weighted by molar-refractivity contribution is 0.0954. The van der Waals surface area contributed by atoms with Crippen LogP contribution in [0.5, 0.6) is 0 Å². The molecule has 24 heavy (non-hydrogen) atoms. The molecule has 0 spiro atoms. The molecule has 1 N–H and O–H groups in total. The Morgan fingerprint density at radius 2 is 1.88 bits per heavy atom. The average Bonchev–Trinajstić information content (AvgIpc) is 3.11. The van der Waals surface area contributed by atoms with Gasteiger partial charge in [0.1, 0.15) is 0 Å². The number of carbonyl (C=O) groups excluding carboxylic acids is 1. The molecule has 0 atom stereocenters. The van der Waals surface area contributed by atoms with E-state index in [9.17, 15) is 4.79 Å². The maximum Gasteiger partial charge on any atom is 0.251 e. The molecule has 5 heteroatoms. The van der Waals surface area contributed by atoms with Crippen molar-refractivity contribution in [3.63, 3.8) is 0 Å². The number of nitrogens with one attached hydrogen (secondary N) is 1. The summed E-state index contributed by atoms with van der Waals surface area (Å²) in [5.74, 6) is -0.144. The standard InChI is InChI=1S/C19H16N4O/c20-12-15-6-8-17(9-7-15)19(24)21-11-10-16-13-22-23(14-16)18-4-2-1-3-5-18/h1-9,13-14H,10-11H2,(H,21,24). The minimum absolute atomic E-state index is 0.144. The summed E-state index contributed by atoms with van der Waals surface area (Å²) in [6.45, 7) is 0.527. The number of hydrogen-bond donors (Lipinski definition) is 1. The highest BCUT2D eigenvalue weighted by molar-refractivity contribution is 5.94. The minimum Gasteiger partial charge on any atom is -0.352 e. The number of hydrogen-bond acceptors (Lipinski definition) is 3. The third-order valence-corrected chi connectivity index (χ3v) is 3.63. The van der Waals surface area contributed by atoms with Gasteiger partial charge in [-0.2, -0.15) is 10.4 Å². The summed E-state index contributed by atoms with van der Waals surface area (Å²) in [4.78, 5) is 12.0. The molecule has 0 bridgehead atoms. The van der Waals surface area contributed by atoms with Crippen LogP contribution in [0.3, 0.4) is 0 Å². The van der Waals surface area contributed by atoms with E-state index in [2.05, 4.69) is 10.4 Å². The van der Waals surface area contributed by atoms with E-state index >= 15 is 0 Å². The molecule has 0 fully saturated rings. The summed E-state index contributed by atoms with van der Waals surface area (Å²) in [5, 5.41) is 16.0. The smallest absolute Gasteiger partial charge is 0.251 e. The van der Waals surface area contributed by atoms with Crippen molar-refractivity contribution in [3.05, 3.63) is 83.7 Å². The molecule has 0 saturated carbocycles. The Morgan fingerprint density at radius 3 is 2.58 bits per heavy atom. The molecule has 2 aromatic carbocycles. The lowest BCUT2D eigenvalue weighted by Crippen LogP contribution is -2.25. The third kappa shape index (κ3) is 3.68.